The van der Waals surface area contributed by atoms with Gasteiger partial charge in [0, 0.05) is 5.69 Å². The molecule has 5 nitrogen and oxygen atoms in total. The largest absolute Gasteiger partial charge is 0.465 e. The van der Waals surface area contributed by atoms with E-state index < -0.39 is 5.97 Å². The van der Waals surface area contributed by atoms with Crippen LogP contribution in [0.2, 0.25) is 0 Å². The molecule has 0 unspecified atom stereocenters. The van der Waals surface area contributed by atoms with E-state index in [1.54, 1.807) is 30.3 Å². The third-order valence-corrected chi connectivity index (χ3v) is 2.56. The lowest BCUT2D eigenvalue weighted by molar-refractivity contribution is 0.0602. The number of furan rings is 1. The predicted molar refractivity (Wildman–Crippen MR) is 68.5 cm³/mol. The molecule has 2 aromatic rings. The van der Waals surface area contributed by atoms with Crippen molar-refractivity contribution in [1.29, 1.82) is 5.26 Å². The van der Waals surface area contributed by atoms with Gasteiger partial charge in [-0.25, -0.2) is 4.79 Å². The molecule has 19 heavy (non-hydrogen) atoms. The molecule has 0 aliphatic rings. The molecule has 0 spiro atoms. The number of carbonyl (C=O) groups excluding carboxylic acids is 1. The molecule has 0 amide bonds. The minimum absolute atomic E-state index is 0.262. The molecule has 0 atom stereocenters. The smallest absolute Gasteiger partial charge is 0.339 e. The Morgan fingerprint density at radius 3 is 2.84 bits per heavy atom. The van der Waals surface area contributed by atoms with Crippen molar-refractivity contribution in [3.8, 4) is 6.07 Å². The van der Waals surface area contributed by atoms with Gasteiger partial charge >= 0.3 is 5.97 Å². The van der Waals surface area contributed by atoms with Gasteiger partial charge in [-0.3, -0.25) is 0 Å². The second-order valence-corrected chi connectivity index (χ2v) is 3.77. The van der Waals surface area contributed by atoms with Crippen LogP contribution in [0, 0.1) is 11.3 Å². The fourth-order valence-electron chi connectivity index (χ4n) is 1.64. The van der Waals surface area contributed by atoms with Crippen molar-refractivity contribution in [2.24, 2.45) is 0 Å². The molecule has 0 aliphatic carbocycles. The number of methoxy groups -OCH3 is 1. The third-order valence-electron chi connectivity index (χ3n) is 2.56. The van der Waals surface area contributed by atoms with Crippen molar-refractivity contribution in [3.05, 3.63) is 53.5 Å². The minimum atomic E-state index is -0.403. The number of rotatable bonds is 4. The molecule has 0 radical (unpaired) electrons. The number of esters is 1. The Balaban J connectivity index is 2.11. The lowest BCUT2D eigenvalue weighted by Gasteiger charge is -2.09. The van der Waals surface area contributed by atoms with Crippen LogP contribution >= 0.6 is 0 Å². The van der Waals surface area contributed by atoms with Crippen molar-refractivity contribution >= 4 is 11.7 Å². The van der Waals surface area contributed by atoms with E-state index in [1.165, 1.54) is 7.11 Å². The minimum Gasteiger partial charge on any atom is -0.465 e. The molecular weight excluding hydrogens is 244 g/mol. The highest BCUT2D eigenvalue weighted by molar-refractivity contribution is 5.95. The van der Waals surface area contributed by atoms with Gasteiger partial charge < -0.3 is 14.5 Å². The lowest BCUT2D eigenvalue weighted by atomic mass is 10.2. The Labute approximate surface area is 110 Å². The first-order valence-electron chi connectivity index (χ1n) is 5.64. The summed E-state index contributed by atoms with van der Waals surface area (Å²) in [4.78, 5) is 11.6. The molecule has 0 saturated carbocycles. The average molecular weight is 256 g/mol. The number of benzene rings is 1. The van der Waals surface area contributed by atoms with E-state index in [0.717, 1.165) is 0 Å². The maximum atomic E-state index is 11.6. The summed E-state index contributed by atoms with van der Waals surface area (Å²) >= 11 is 0. The summed E-state index contributed by atoms with van der Waals surface area (Å²) in [5.74, 6) is 0.481. The molecule has 1 aromatic carbocycles. The fraction of sp³-hybridized carbons (Fsp3) is 0.143. The molecule has 96 valence electrons. The summed E-state index contributed by atoms with van der Waals surface area (Å²) in [5.41, 5.74) is 1.11. The van der Waals surface area contributed by atoms with Crippen molar-refractivity contribution in [1.82, 2.24) is 0 Å². The van der Waals surface area contributed by atoms with Crippen LogP contribution in [-0.2, 0) is 11.3 Å². The fourth-order valence-corrected chi connectivity index (χ4v) is 1.64. The quantitative estimate of drug-likeness (QED) is 0.851. The molecule has 2 rings (SSSR count). The van der Waals surface area contributed by atoms with Crippen LogP contribution in [0.5, 0.6) is 0 Å². The van der Waals surface area contributed by atoms with Crippen LogP contribution in [0.4, 0.5) is 5.69 Å². The maximum Gasteiger partial charge on any atom is 0.339 e. The summed E-state index contributed by atoms with van der Waals surface area (Å²) in [5, 5.41) is 11.7. The monoisotopic (exact) mass is 256 g/mol. The number of nitriles is 1. The van der Waals surface area contributed by atoms with Crippen LogP contribution in [0.25, 0.3) is 0 Å². The number of ether oxygens (including phenoxy) is 1. The molecular formula is C14H12N2O3. The molecule has 0 aliphatic heterocycles. The topological polar surface area (TPSA) is 75.3 Å². The van der Waals surface area contributed by atoms with Gasteiger partial charge in [0.1, 0.15) is 11.8 Å². The van der Waals surface area contributed by atoms with Crippen molar-refractivity contribution in [2.75, 3.05) is 12.4 Å². The molecule has 5 heteroatoms. The SMILES string of the molecule is COC(=O)c1ccccc1NCc1ccc(C#N)o1. The number of carbonyl (C=O) groups is 1. The molecule has 1 N–H and O–H groups in total. The van der Waals surface area contributed by atoms with Crippen molar-refractivity contribution in [2.45, 2.75) is 6.54 Å². The van der Waals surface area contributed by atoms with Crippen LogP contribution < -0.4 is 5.32 Å². The van der Waals surface area contributed by atoms with Crippen molar-refractivity contribution in [3.63, 3.8) is 0 Å². The summed E-state index contributed by atoms with van der Waals surface area (Å²) in [7, 11) is 1.34. The molecule has 0 bridgehead atoms. The number of anilines is 1. The molecule has 0 saturated heterocycles. The van der Waals surface area contributed by atoms with Crippen LogP contribution in [0.15, 0.2) is 40.8 Å². The van der Waals surface area contributed by atoms with Gasteiger partial charge in [-0.05, 0) is 24.3 Å². The normalized spacial score (nSPS) is 9.68. The number of nitrogens with zero attached hydrogens (tertiary/aromatic N) is 1. The lowest BCUT2D eigenvalue weighted by Crippen LogP contribution is -2.07. The van der Waals surface area contributed by atoms with E-state index in [-0.39, 0.29) is 5.76 Å². The van der Waals surface area contributed by atoms with Crippen molar-refractivity contribution < 1.29 is 13.9 Å². The zero-order valence-corrected chi connectivity index (χ0v) is 10.3. The number of hydrogen-bond acceptors (Lipinski definition) is 5. The Morgan fingerprint density at radius 1 is 1.37 bits per heavy atom. The summed E-state index contributed by atoms with van der Waals surface area (Å²) in [6.07, 6.45) is 0. The van der Waals surface area contributed by atoms with Gasteiger partial charge in [0.2, 0.25) is 5.76 Å². The zero-order valence-electron chi connectivity index (χ0n) is 10.3. The van der Waals surface area contributed by atoms with Gasteiger partial charge in [0.05, 0.1) is 19.2 Å². The van der Waals surface area contributed by atoms with Crippen LogP contribution in [0.3, 0.4) is 0 Å². The summed E-state index contributed by atoms with van der Waals surface area (Å²) in [6, 6.07) is 12.3. The standard InChI is InChI=1S/C14H12N2O3/c1-18-14(17)12-4-2-3-5-13(12)16-9-11-7-6-10(8-15)19-11/h2-7,16H,9H2,1H3. The van der Waals surface area contributed by atoms with Gasteiger partial charge in [-0.15, -0.1) is 0 Å². The Hall–Kier alpha value is -2.74. The first kappa shape index (κ1) is 12.7. The van der Waals surface area contributed by atoms with Gasteiger partial charge in [-0.1, -0.05) is 12.1 Å². The highest BCUT2D eigenvalue weighted by Crippen LogP contribution is 2.17. The van der Waals surface area contributed by atoms with E-state index >= 15 is 0 Å². The van der Waals surface area contributed by atoms with E-state index in [4.69, 9.17) is 14.4 Å². The van der Waals surface area contributed by atoms with Gasteiger partial charge in [-0.2, -0.15) is 5.26 Å². The van der Waals surface area contributed by atoms with Gasteiger partial charge in [0.25, 0.3) is 0 Å². The number of hydrogen-bond donors (Lipinski definition) is 1. The molecule has 0 fully saturated rings. The Morgan fingerprint density at radius 2 is 2.16 bits per heavy atom. The van der Waals surface area contributed by atoms with E-state index in [1.807, 2.05) is 12.1 Å². The highest BCUT2D eigenvalue weighted by atomic mass is 16.5. The van der Waals surface area contributed by atoms with Crippen LogP contribution in [-0.4, -0.2) is 13.1 Å². The molecule has 1 aromatic heterocycles. The summed E-state index contributed by atoms with van der Waals surface area (Å²) in [6.45, 7) is 0.385. The Bertz CT molecular complexity index is 626. The third kappa shape index (κ3) is 2.93. The summed E-state index contributed by atoms with van der Waals surface area (Å²) < 4.78 is 9.95. The van der Waals surface area contributed by atoms with E-state index in [9.17, 15) is 4.79 Å². The first-order chi connectivity index (χ1) is 9.24. The molecule has 1 heterocycles. The number of para-hydroxylation sites is 1. The first-order valence-corrected chi connectivity index (χ1v) is 5.64. The second-order valence-electron chi connectivity index (χ2n) is 3.77. The maximum absolute atomic E-state index is 11.6. The number of nitrogens with one attached hydrogen (secondary N) is 1. The van der Waals surface area contributed by atoms with E-state index in [0.29, 0.717) is 23.6 Å². The second kappa shape index (κ2) is 5.74. The van der Waals surface area contributed by atoms with Gasteiger partial charge in [0.15, 0.2) is 0 Å². The van der Waals surface area contributed by atoms with Crippen LogP contribution in [0.1, 0.15) is 21.9 Å². The Kier molecular flexibility index (Phi) is 3.84. The predicted octanol–water partition coefficient (Wildman–Crippen LogP) is 2.55. The average Bonchev–Trinajstić information content (AvgIpc) is 2.92. The highest BCUT2D eigenvalue weighted by Gasteiger charge is 2.11. The van der Waals surface area contributed by atoms with E-state index in [2.05, 4.69) is 5.32 Å². The zero-order chi connectivity index (χ0) is 13.7.